The predicted molar refractivity (Wildman–Crippen MR) is 96.3 cm³/mol. The Kier molecular flexibility index (Phi) is 6.39. The van der Waals surface area contributed by atoms with Crippen molar-refractivity contribution in [1.82, 2.24) is 5.32 Å². The van der Waals surface area contributed by atoms with Gasteiger partial charge in [-0.25, -0.2) is 0 Å². The van der Waals surface area contributed by atoms with E-state index in [0.29, 0.717) is 17.1 Å². The Morgan fingerprint density at radius 2 is 1.72 bits per heavy atom. The molecule has 0 aliphatic heterocycles. The number of hydrogen-bond donors (Lipinski definition) is 2. The second-order valence-electron chi connectivity index (χ2n) is 5.31. The molecular weight excluding hydrogens is 320 g/mol. The minimum absolute atomic E-state index is 0.120. The molecule has 2 N–H and O–H groups in total. The molecule has 0 unspecified atom stereocenters. The lowest BCUT2D eigenvalue weighted by molar-refractivity contribution is -0.115. The fourth-order valence-electron chi connectivity index (χ4n) is 2.39. The van der Waals surface area contributed by atoms with Crippen LogP contribution in [0.1, 0.15) is 22.8 Å². The van der Waals surface area contributed by atoms with Crippen molar-refractivity contribution in [2.75, 3.05) is 26.1 Å². The number of carbonyl (C=O) groups is 2. The van der Waals surface area contributed by atoms with Crippen molar-refractivity contribution in [2.45, 2.75) is 13.3 Å². The number of benzene rings is 2. The summed E-state index contributed by atoms with van der Waals surface area (Å²) in [6, 6.07) is 12.4. The van der Waals surface area contributed by atoms with E-state index in [2.05, 4.69) is 10.6 Å². The number of nitrogens with one attached hydrogen (secondary N) is 2. The largest absolute Gasteiger partial charge is 0.493 e. The first-order valence-electron chi connectivity index (χ1n) is 7.97. The van der Waals surface area contributed by atoms with Crippen molar-refractivity contribution < 1.29 is 19.1 Å². The van der Waals surface area contributed by atoms with E-state index < -0.39 is 0 Å². The molecule has 2 rings (SSSR count). The molecule has 0 spiro atoms. The third kappa shape index (κ3) is 4.73. The Morgan fingerprint density at radius 1 is 1.00 bits per heavy atom. The molecule has 2 aromatic rings. The predicted octanol–water partition coefficient (Wildman–Crippen LogP) is 2.63. The molecule has 0 aliphatic carbocycles. The van der Waals surface area contributed by atoms with Gasteiger partial charge in [-0.15, -0.1) is 0 Å². The standard InChI is InChI=1S/C19H22N2O4/c1-4-13-7-5-6-8-15(13)21-18(22)12-20-19(23)14-9-10-16(24-2)17(11-14)25-3/h5-11H,4,12H2,1-3H3,(H,20,23)(H,21,22). The first-order chi connectivity index (χ1) is 12.1. The van der Waals surface area contributed by atoms with Crippen LogP contribution in [0.2, 0.25) is 0 Å². The highest BCUT2D eigenvalue weighted by Gasteiger charge is 2.12. The van der Waals surface area contributed by atoms with Crippen molar-refractivity contribution in [3.05, 3.63) is 53.6 Å². The Labute approximate surface area is 147 Å². The van der Waals surface area contributed by atoms with E-state index in [1.807, 2.05) is 31.2 Å². The number of rotatable bonds is 7. The summed E-state index contributed by atoms with van der Waals surface area (Å²) in [5.74, 6) is 0.346. The molecule has 2 aromatic carbocycles. The Balaban J connectivity index is 1.96. The first kappa shape index (κ1) is 18.3. The van der Waals surface area contributed by atoms with Crippen LogP contribution in [0.25, 0.3) is 0 Å². The fourth-order valence-corrected chi connectivity index (χ4v) is 2.39. The van der Waals surface area contributed by atoms with Crippen LogP contribution >= 0.6 is 0 Å². The number of aryl methyl sites for hydroxylation is 1. The lowest BCUT2D eigenvalue weighted by atomic mass is 10.1. The molecular formula is C19H22N2O4. The summed E-state index contributed by atoms with van der Waals surface area (Å²) in [6.45, 7) is 1.90. The minimum Gasteiger partial charge on any atom is -0.493 e. The number of carbonyl (C=O) groups excluding carboxylic acids is 2. The van der Waals surface area contributed by atoms with E-state index in [4.69, 9.17) is 9.47 Å². The molecule has 0 aromatic heterocycles. The molecule has 0 aliphatic rings. The van der Waals surface area contributed by atoms with Gasteiger partial charge in [-0.1, -0.05) is 25.1 Å². The van der Waals surface area contributed by atoms with E-state index in [0.717, 1.165) is 17.7 Å². The van der Waals surface area contributed by atoms with Gasteiger partial charge < -0.3 is 20.1 Å². The summed E-state index contributed by atoms with van der Waals surface area (Å²) in [4.78, 5) is 24.3. The zero-order valence-electron chi connectivity index (χ0n) is 14.6. The average Bonchev–Trinajstić information content (AvgIpc) is 2.65. The van der Waals surface area contributed by atoms with Gasteiger partial charge in [-0.3, -0.25) is 9.59 Å². The molecule has 0 bridgehead atoms. The molecule has 0 atom stereocenters. The van der Waals surface area contributed by atoms with Gasteiger partial charge in [0.15, 0.2) is 11.5 Å². The number of amides is 2. The quantitative estimate of drug-likeness (QED) is 0.811. The van der Waals surface area contributed by atoms with Gasteiger partial charge in [-0.05, 0) is 36.2 Å². The third-order valence-electron chi connectivity index (χ3n) is 3.73. The van der Waals surface area contributed by atoms with Gasteiger partial charge in [0, 0.05) is 11.3 Å². The van der Waals surface area contributed by atoms with Crippen LogP contribution in [-0.2, 0) is 11.2 Å². The van der Waals surface area contributed by atoms with E-state index in [-0.39, 0.29) is 18.4 Å². The maximum absolute atomic E-state index is 12.2. The second kappa shape index (κ2) is 8.73. The Bertz CT molecular complexity index is 759. The molecule has 0 saturated carbocycles. The van der Waals surface area contributed by atoms with Gasteiger partial charge in [-0.2, -0.15) is 0 Å². The smallest absolute Gasteiger partial charge is 0.251 e. The number of ether oxygens (including phenoxy) is 2. The lowest BCUT2D eigenvalue weighted by Gasteiger charge is -2.11. The molecule has 6 nitrogen and oxygen atoms in total. The Hall–Kier alpha value is -3.02. The number of methoxy groups -OCH3 is 2. The first-order valence-corrected chi connectivity index (χ1v) is 7.97. The average molecular weight is 342 g/mol. The molecule has 0 radical (unpaired) electrons. The summed E-state index contributed by atoms with van der Waals surface area (Å²) in [5, 5.41) is 5.41. The van der Waals surface area contributed by atoms with Gasteiger partial charge >= 0.3 is 0 Å². The van der Waals surface area contributed by atoms with Crippen molar-refractivity contribution in [3.8, 4) is 11.5 Å². The van der Waals surface area contributed by atoms with E-state index in [9.17, 15) is 9.59 Å². The van der Waals surface area contributed by atoms with Crippen LogP contribution in [-0.4, -0.2) is 32.6 Å². The maximum Gasteiger partial charge on any atom is 0.251 e. The van der Waals surface area contributed by atoms with Crippen LogP contribution in [0, 0.1) is 0 Å². The van der Waals surface area contributed by atoms with Gasteiger partial charge in [0.05, 0.1) is 20.8 Å². The molecule has 6 heteroatoms. The third-order valence-corrected chi connectivity index (χ3v) is 3.73. The number of hydrogen-bond acceptors (Lipinski definition) is 4. The molecule has 0 fully saturated rings. The van der Waals surface area contributed by atoms with Crippen LogP contribution in [0.15, 0.2) is 42.5 Å². The summed E-state index contributed by atoms with van der Waals surface area (Å²) >= 11 is 0. The summed E-state index contributed by atoms with van der Waals surface area (Å²) in [7, 11) is 3.02. The van der Waals surface area contributed by atoms with Crippen LogP contribution in [0.3, 0.4) is 0 Å². The van der Waals surface area contributed by atoms with E-state index in [1.54, 1.807) is 18.2 Å². The van der Waals surface area contributed by atoms with Crippen molar-refractivity contribution in [3.63, 3.8) is 0 Å². The van der Waals surface area contributed by atoms with Crippen molar-refractivity contribution in [2.24, 2.45) is 0 Å². The molecule has 2 amide bonds. The fraction of sp³-hybridized carbons (Fsp3) is 0.263. The van der Waals surface area contributed by atoms with Gasteiger partial charge in [0.2, 0.25) is 5.91 Å². The van der Waals surface area contributed by atoms with Crippen LogP contribution in [0.4, 0.5) is 5.69 Å². The second-order valence-corrected chi connectivity index (χ2v) is 5.31. The normalized spacial score (nSPS) is 10.0. The van der Waals surface area contributed by atoms with Crippen molar-refractivity contribution >= 4 is 17.5 Å². The zero-order chi connectivity index (χ0) is 18.2. The highest BCUT2D eigenvalue weighted by Crippen LogP contribution is 2.27. The van der Waals surface area contributed by atoms with Crippen molar-refractivity contribution in [1.29, 1.82) is 0 Å². The van der Waals surface area contributed by atoms with E-state index >= 15 is 0 Å². The number of para-hydroxylation sites is 1. The molecule has 25 heavy (non-hydrogen) atoms. The monoisotopic (exact) mass is 342 g/mol. The molecule has 132 valence electrons. The van der Waals surface area contributed by atoms with Gasteiger partial charge in [0.1, 0.15) is 0 Å². The summed E-state index contributed by atoms with van der Waals surface area (Å²) in [5.41, 5.74) is 2.19. The van der Waals surface area contributed by atoms with E-state index in [1.165, 1.54) is 14.2 Å². The summed E-state index contributed by atoms with van der Waals surface area (Å²) in [6.07, 6.45) is 0.814. The highest BCUT2D eigenvalue weighted by atomic mass is 16.5. The summed E-state index contributed by atoms with van der Waals surface area (Å²) < 4.78 is 10.3. The number of anilines is 1. The van der Waals surface area contributed by atoms with Crippen LogP contribution < -0.4 is 20.1 Å². The Morgan fingerprint density at radius 3 is 2.40 bits per heavy atom. The molecule has 0 heterocycles. The molecule has 0 saturated heterocycles. The zero-order valence-corrected chi connectivity index (χ0v) is 14.6. The maximum atomic E-state index is 12.2. The van der Waals surface area contributed by atoms with Gasteiger partial charge in [0.25, 0.3) is 5.91 Å². The topological polar surface area (TPSA) is 76.7 Å². The minimum atomic E-state index is -0.361. The highest BCUT2D eigenvalue weighted by molar-refractivity contribution is 5.99. The van der Waals surface area contributed by atoms with Crippen LogP contribution in [0.5, 0.6) is 11.5 Å². The SMILES string of the molecule is CCc1ccccc1NC(=O)CNC(=O)c1ccc(OC)c(OC)c1. The lowest BCUT2D eigenvalue weighted by Crippen LogP contribution is -2.33.